The third-order valence-electron chi connectivity index (χ3n) is 3.69. The molecule has 1 aromatic rings. The molecule has 0 amide bonds. The molecule has 0 radical (unpaired) electrons. The quantitative estimate of drug-likeness (QED) is 0.853. The van der Waals surface area contributed by atoms with Crippen LogP contribution in [0.4, 0.5) is 13.2 Å². The lowest BCUT2D eigenvalue weighted by Gasteiger charge is -2.34. The van der Waals surface area contributed by atoms with Crippen LogP contribution in [0.3, 0.4) is 0 Å². The molecule has 1 saturated heterocycles. The molecule has 21 heavy (non-hydrogen) atoms. The Bertz CT molecular complexity index is 499. The van der Waals surface area contributed by atoms with E-state index in [0.717, 1.165) is 18.9 Å². The number of hydrogen-bond donors (Lipinski definition) is 1. The molecule has 1 aliphatic heterocycles. The number of ether oxygens (including phenoxy) is 1. The predicted octanol–water partition coefficient (Wildman–Crippen LogP) is 3.96. The zero-order valence-electron chi connectivity index (χ0n) is 12.7. The van der Waals surface area contributed by atoms with E-state index >= 15 is 0 Å². The molecule has 1 N–H and O–H groups in total. The molecule has 2 nitrogen and oxygen atoms in total. The Morgan fingerprint density at radius 3 is 2.48 bits per heavy atom. The summed E-state index contributed by atoms with van der Waals surface area (Å²) in [6.45, 7) is 7.29. The van der Waals surface area contributed by atoms with Gasteiger partial charge in [-0.25, -0.2) is 13.2 Å². The van der Waals surface area contributed by atoms with Crippen LogP contribution in [0.2, 0.25) is 0 Å². The van der Waals surface area contributed by atoms with E-state index in [2.05, 4.69) is 5.32 Å². The Balaban J connectivity index is 2.20. The summed E-state index contributed by atoms with van der Waals surface area (Å²) >= 11 is 0. The van der Waals surface area contributed by atoms with E-state index in [4.69, 9.17) is 4.74 Å². The van der Waals surface area contributed by atoms with E-state index in [9.17, 15) is 13.2 Å². The smallest absolute Gasteiger partial charge is 0.161 e. The topological polar surface area (TPSA) is 21.3 Å². The Labute approximate surface area is 123 Å². The number of rotatable bonds is 3. The van der Waals surface area contributed by atoms with Crippen molar-refractivity contribution in [2.24, 2.45) is 5.92 Å². The summed E-state index contributed by atoms with van der Waals surface area (Å²) < 4.78 is 46.1. The van der Waals surface area contributed by atoms with Gasteiger partial charge in [-0.1, -0.05) is 0 Å². The van der Waals surface area contributed by atoms with Crippen molar-refractivity contribution < 1.29 is 17.9 Å². The first-order chi connectivity index (χ1) is 9.78. The molecule has 2 rings (SSSR count). The van der Waals surface area contributed by atoms with Crippen molar-refractivity contribution in [2.45, 2.75) is 45.3 Å². The Morgan fingerprint density at radius 1 is 1.14 bits per heavy atom. The van der Waals surface area contributed by atoms with Gasteiger partial charge >= 0.3 is 0 Å². The molecule has 0 saturated carbocycles. The fourth-order valence-electron chi connectivity index (χ4n) is 2.59. The Morgan fingerprint density at radius 2 is 1.81 bits per heavy atom. The second kappa shape index (κ2) is 6.36. The summed E-state index contributed by atoms with van der Waals surface area (Å²) in [6.07, 6.45) is 1.22. The van der Waals surface area contributed by atoms with E-state index in [-0.39, 0.29) is 17.0 Å². The van der Waals surface area contributed by atoms with Crippen LogP contribution < -0.4 is 5.32 Å². The van der Waals surface area contributed by atoms with Gasteiger partial charge in [-0.15, -0.1) is 0 Å². The van der Waals surface area contributed by atoms with Crippen LogP contribution in [0.25, 0.3) is 0 Å². The van der Waals surface area contributed by atoms with E-state index in [1.54, 1.807) is 0 Å². The van der Waals surface area contributed by atoms with E-state index in [0.29, 0.717) is 19.2 Å². The highest BCUT2D eigenvalue weighted by molar-refractivity contribution is 5.23. The van der Waals surface area contributed by atoms with Crippen LogP contribution in [0.5, 0.6) is 0 Å². The van der Waals surface area contributed by atoms with Crippen molar-refractivity contribution in [3.63, 3.8) is 0 Å². The minimum Gasteiger partial charge on any atom is -0.373 e. The molecule has 0 spiro atoms. The minimum absolute atomic E-state index is 0.0392. The standard InChI is InChI=1S/C16H22F3NO/c1-16(2,3)20-9-10-5-4-6-21-15(10)11-7-13(18)14(19)8-12(11)17/h7-8,10,15,20H,4-6,9H2,1-3H3. The van der Waals surface area contributed by atoms with Crippen molar-refractivity contribution in [1.29, 1.82) is 0 Å². The van der Waals surface area contributed by atoms with Crippen LogP contribution >= 0.6 is 0 Å². The maximum absolute atomic E-state index is 14.0. The largest absolute Gasteiger partial charge is 0.373 e. The average molecular weight is 301 g/mol. The first kappa shape index (κ1) is 16.3. The molecule has 1 fully saturated rings. The highest BCUT2D eigenvalue weighted by Crippen LogP contribution is 2.35. The number of nitrogens with one attached hydrogen (secondary N) is 1. The average Bonchev–Trinajstić information content (AvgIpc) is 2.40. The molecule has 5 heteroatoms. The fourth-order valence-corrected chi connectivity index (χ4v) is 2.59. The summed E-state index contributed by atoms with van der Waals surface area (Å²) in [6, 6.07) is 1.52. The monoisotopic (exact) mass is 301 g/mol. The molecule has 0 aliphatic carbocycles. The maximum atomic E-state index is 14.0. The van der Waals surface area contributed by atoms with Crippen molar-refractivity contribution in [3.05, 3.63) is 35.1 Å². The summed E-state index contributed by atoms with van der Waals surface area (Å²) in [4.78, 5) is 0. The lowest BCUT2D eigenvalue weighted by molar-refractivity contribution is -0.0313. The van der Waals surface area contributed by atoms with Gasteiger partial charge < -0.3 is 10.1 Å². The van der Waals surface area contributed by atoms with Gasteiger partial charge in [0.15, 0.2) is 11.6 Å². The summed E-state index contributed by atoms with van der Waals surface area (Å²) in [5.74, 6) is -2.92. The second-order valence-electron chi connectivity index (χ2n) is 6.61. The molecule has 1 heterocycles. The van der Waals surface area contributed by atoms with Gasteiger partial charge in [-0.3, -0.25) is 0 Å². The lowest BCUT2D eigenvalue weighted by Crippen LogP contribution is -2.41. The van der Waals surface area contributed by atoms with Crippen LogP contribution in [-0.2, 0) is 4.74 Å². The van der Waals surface area contributed by atoms with Gasteiger partial charge in [-0.05, 0) is 39.7 Å². The maximum Gasteiger partial charge on any atom is 0.161 e. The van der Waals surface area contributed by atoms with Gasteiger partial charge in [0.05, 0.1) is 6.10 Å². The van der Waals surface area contributed by atoms with Crippen LogP contribution in [-0.4, -0.2) is 18.7 Å². The van der Waals surface area contributed by atoms with Gasteiger partial charge in [0.2, 0.25) is 0 Å². The summed E-state index contributed by atoms with van der Waals surface area (Å²) in [7, 11) is 0. The lowest BCUT2D eigenvalue weighted by atomic mass is 9.88. The normalized spacial score (nSPS) is 23.3. The molecule has 1 aliphatic rings. The number of halogens is 3. The molecule has 0 bridgehead atoms. The molecular weight excluding hydrogens is 279 g/mol. The molecule has 0 aromatic heterocycles. The third-order valence-corrected chi connectivity index (χ3v) is 3.69. The predicted molar refractivity (Wildman–Crippen MR) is 75.5 cm³/mol. The first-order valence-electron chi connectivity index (χ1n) is 7.29. The molecular formula is C16H22F3NO. The number of hydrogen-bond acceptors (Lipinski definition) is 2. The molecule has 2 unspecified atom stereocenters. The Hall–Kier alpha value is -1.07. The van der Waals surface area contributed by atoms with Gasteiger partial charge in [-0.2, -0.15) is 0 Å². The zero-order chi connectivity index (χ0) is 15.6. The van der Waals surface area contributed by atoms with Crippen molar-refractivity contribution >= 4 is 0 Å². The van der Waals surface area contributed by atoms with Crippen LogP contribution in [0.15, 0.2) is 12.1 Å². The Kier molecular flexibility index (Phi) is 4.94. The molecule has 118 valence electrons. The first-order valence-corrected chi connectivity index (χ1v) is 7.29. The van der Waals surface area contributed by atoms with Crippen LogP contribution in [0.1, 0.15) is 45.3 Å². The van der Waals surface area contributed by atoms with Gasteiger partial charge in [0.1, 0.15) is 5.82 Å². The van der Waals surface area contributed by atoms with Crippen LogP contribution in [0, 0.1) is 23.4 Å². The SMILES string of the molecule is CC(C)(C)NCC1CCCOC1c1cc(F)c(F)cc1F. The van der Waals surface area contributed by atoms with Crippen molar-refractivity contribution in [3.8, 4) is 0 Å². The van der Waals surface area contributed by atoms with Gasteiger partial charge in [0.25, 0.3) is 0 Å². The minimum atomic E-state index is -1.17. The van der Waals surface area contributed by atoms with Gasteiger partial charge in [0, 0.05) is 36.2 Å². The fraction of sp³-hybridized carbons (Fsp3) is 0.625. The second-order valence-corrected chi connectivity index (χ2v) is 6.61. The molecule has 1 aromatic carbocycles. The summed E-state index contributed by atoms with van der Waals surface area (Å²) in [5.41, 5.74) is 0.0449. The number of benzene rings is 1. The van der Waals surface area contributed by atoms with E-state index < -0.39 is 23.6 Å². The molecule has 2 atom stereocenters. The third kappa shape index (κ3) is 4.20. The van der Waals surface area contributed by atoms with Crippen molar-refractivity contribution in [2.75, 3.05) is 13.2 Å². The van der Waals surface area contributed by atoms with E-state index in [1.165, 1.54) is 0 Å². The van der Waals surface area contributed by atoms with E-state index in [1.807, 2.05) is 20.8 Å². The zero-order valence-corrected chi connectivity index (χ0v) is 12.7. The van der Waals surface area contributed by atoms with Crippen molar-refractivity contribution in [1.82, 2.24) is 5.32 Å². The highest BCUT2D eigenvalue weighted by Gasteiger charge is 2.31. The summed E-state index contributed by atoms with van der Waals surface area (Å²) in [5, 5.41) is 3.37. The highest BCUT2D eigenvalue weighted by atomic mass is 19.2.